The van der Waals surface area contributed by atoms with Gasteiger partial charge in [-0.15, -0.1) is 0 Å². The van der Waals surface area contributed by atoms with Crippen LogP contribution in [0.4, 0.5) is 0 Å². The molecule has 1 heteroatoms. The summed E-state index contributed by atoms with van der Waals surface area (Å²) in [6.07, 6.45) is 22.0. The van der Waals surface area contributed by atoms with Crippen molar-refractivity contribution in [2.24, 2.45) is 0 Å². The van der Waals surface area contributed by atoms with E-state index < -0.39 is 0 Å². The molecule has 0 radical (unpaired) electrons. The third-order valence-corrected chi connectivity index (χ3v) is 5.52. The molecule has 0 aromatic rings. The second kappa shape index (κ2) is 9.62. The third-order valence-electron chi connectivity index (χ3n) is 2.36. The van der Waals surface area contributed by atoms with Crippen LogP contribution in [0.15, 0.2) is 46.6 Å². The van der Waals surface area contributed by atoms with Gasteiger partial charge in [-0.25, -0.2) is 0 Å². The first-order chi connectivity index (χ1) is 8.29. The molecule has 0 saturated heterocycles. The van der Waals surface area contributed by atoms with Gasteiger partial charge in [0.15, 0.2) is 0 Å². The maximum atomic E-state index is 2.32. The molecule has 2 rings (SSSR count). The first kappa shape index (κ1) is 14.7. The average molecular weight is 409 g/mol. The van der Waals surface area contributed by atoms with Gasteiger partial charge in [0.05, 0.1) is 0 Å². The molecule has 0 atom stereocenters. The quantitative estimate of drug-likeness (QED) is 0.536. The Balaban J connectivity index is 0.000000171. The first-order valence-electron chi connectivity index (χ1n) is 6.53. The van der Waals surface area contributed by atoms with Crippen LogP contribution < -0.4 is 0 Å². The van der Waals surface area contributed by atoms with Crippen molar-refractivity contribution in [3.63, 3.8) is 0 Å². The van der Waals surface area contributed by atoms with Gasteiger partial charge in [-0.2, -0.15) is 0 Å². The van der Waals surface area contributed by atoms with Gasteiger partial charge >= 0.3 is 64.7 Å². The van der Waals surface area contributed by atoms with Gasteiger partial charge < -0.3 is 0 Å². The van der Waals surface area contributed by atoms with Crippen molar-refractivity contribution < 1.29 is 17.7 Å². The zero-order valence-corrected chi connectivity index (χ0v) is 13.4. The fourth-order valence-electron chi connectivity index (χ4n) is 1.59. The van der Waals surface area contributed by atoms with E-state index in [1.807, 2.05) is 0 Å². The fourth-order valence-corrected chi connectivity index (χ4v) is 4.39. The standard InChI is InChI=1S/C8H12.C5H5.C3H7.Ir/c1-2-4-6-8-7-5-3-1;1-2-4-5-3-1;1-3-2;/h1-2,7-8H,3-6H2;1-3H,4H2;3H,1-2H3;/b2-1-,8-7-;;;. The van der Waals surface area contributed by atoms with Crippen molar-refractivity contribution in [1.29, 1.82) is 0 Å². The van der Waals surface area contributed by atoms with Crippen LogP contribution in [0.3, 0.4) is 0 Å². The number of allylic oxidation sites excluding steroid dienone is 8. The van der Waals surface area contributed by atoms with Crippen molar-refractivity contribution in [3.8, 4) is 0 Å². The SMILES string of the molecule is C1=C\CC/C=C\CC/1.C[CH](C)[Ir][C]1=CC=CC1. The number of rotatable bonds is 2. The van der Waals surface area contributed by atoms with E-state index in [2.05, 4.69) is 56.4 Å². The van der Waals surface area contributed by atoms with Gasteiger partial charge in [0.2, 0.25) is 0 Å². The van der Waals surface area contributed by atoms with Gasteiger partial charge in [-0.1, -0.05) is 24.3 Å². The molecule has 17 heavy (non-hydrogen) atoms. The van der Waals surface area contributed by atoms with Gasteiger partial charge in [-0.05, 0) is 25.7 Å². The summed E-state index contributed by atoms with van der Waals surface area (Å²) < 4.78 is 2.65. The average Bonchev–Trinajstić information content (AvgIpc) is 2.69. The van der Waals surface area contributed by atoms with E-state index in [0.29, 0.717) is 0 Å². The minimum absolute atomic E-state index is 0.236. The maximum absolute atomic E-state index is 2.32. The summed E-state index contributed by atoms with van der Waals surface area (Å²) in [6.45, 7) is 4.64. The predicted molar refractivity (Wildman–Crippen MR) is 73.7 cm³/mol. The van der Waals surface area contributed by atoms with Crippen LogP contribution in [0.5, 0.6) is 0 Å². The predicted octanol–water partition coefficient (Wildman–Crippen LogP) is 5.41. The molecule has 0 unspecified atom stereocenters. The van der Waals surface area contributed by atoms with Crippen molar-refractivity contribution in [1.82, 2.24) is 0 Å². The van der Waals surface area contributed by atoms with E-state index in [4.69, 9.17) is 0 Å². The van der Waals surface area contributed by atoms with Crippen molar-refractivity contribution in [3.05, 3.63) is 46.6 Å². The van der Waals surface area contributed by atoms with E-state index in [0.717, 1.165) is 4.43 Å². The normalized spacial score (nSPS) is 22.4. The molecule has 2 aliphatic rings. The molecular weight excluding hydrogens is 384 g/mol. The van der Waals surface area contributed by atoms with Crippen LogP contribution in [0, 0.1) is 0 Å². The monoisotopic (exact) mass is 409 g/mol. The summed E-state index contributed by atoms with van der Waals surface area (Å²) in [7, 11) is 0. The molecule has 0 aromatic carbocycles. The summed E-state index contributed by atoms with van der Waals surface area (Å²) >= 11 is 0.236. The summed E-state index contributed by atoms with van der Waals surface area (Å²) in [5.74, 6) is 0. The molecule has 97 valence electrons. The summed E-state index contributed by atoms with van der Waals surface area (Å²) in [5.41, 5.74) is 0. The zero-order chi connectivity index (χ0) is 12.3. The van der Waals surface area contributed by atoms with Crippen molar-refractivity contribution >= 4 is 0 Å². The Hall–Kier alpha value is -0.391. The molecule has 0 fully saturated rings. The van der Waals surface area contributed by atoms with Gasteiger partial charge in [0, 0.05) is 0 Å². The van der Waals surface area contributed by atoms with Crippen LogP contribution in [-0.4, -0.2) is 0 Å². The molecule has 0 spiro atoms. The molecule has 0 aliphatic heterocycles. The van der Waals surface area contributed by atoms with Crippen LogP contribution in [0.1, 0.15) is 46.0 Å². The van der Waals surface area contributed by atoms with Gasteiger partial charge in [0.1, 0.15) is 0 Å². The number of hydrogen-bond acceptors (Lipinski definition) is 0. The van der Waals surface area contributed by atoms with Crippen molar-refractivity contribution in [2.75, 3.05) is 0 Å². The zero-order valence-electron chi connectivity index (χ0n) is 11.0. The Morgan fingerprint density at radius 1 is 0.882 bits per heavy atom. The molecule has 2 aliphatic carbocycles. The number of hydrogen-bond donors (Lipinski definition) is 0. The van der Waals surface area contributed by atoms with E-state index in [-0.39, 0.29) is 17.7 Å². The van der Waals surface area contributed by atoms with Gasteiger partial charge in [-0.3, -0.25) is 0 Å². The van der Waals surface area contributed by atoms with Crippen LogP contribution >= 0.6 is 0 Å². The second-order valence-corrected chi connectivity index (χ2v) is 9.37. The Bertz CT molecular complexity index is 279. The molecule has 0 N–H and O–H groups in total. The van der Waals surface area contributed by atoms with Crippen LogP contribution in [-0.2, 0) is 17.7 Å². The Morgan fingerprint density at radius 2 is 1.41 bits per heavy atom. The third kappa shape index (κ3) is 8.35. The van der Waals surface area contributed by atoms with Crippen molar-refractivity contribution in [2.45, 2.75) is 50.4 Å². The molecule has 0 heterocycles. The van der Waals surface area contributed by atoms with E-state index in [1.54, 1.807) is 4.09 Å². The molecule has 0 saturated carbocycles. The first-order valence-corrected chi connectivity index (χ1v) is 9.11. The molecular formula is C16H24Ir. The minimum atomic E-state index is 0.236. The summed E-state index contributed by atoms with van der Waals surface area (Å²) in [4.78, 5) is 0. The fraction of sp³-hybridized carbons (Fsp3) is 0.500. The Morgan fingerprint density at radius 3 is 1.76 bits per heavy atom. The Kier molecular flexibility index (Phi) is 8.30. The van der Waals surface area contributed by atoms with Gasteiger partial charge in [0.25, 0.3) is 0 Å². The molecule has 0 nitrogen and oxygen atoms in total. The second-order valence-electron chi connectivity index (χ2n) is 4.37. The summed E-state index contributed by atoms with van der Waals surface area (Å²) in [5, 5.41) is 0. The van der Waals surface area contributed by atoms with E-state index in [9.17, 15) is 0 Å². The molecule has 0 bridgehead atoms. The van der Waals surface area contributed by atoms with Crippen LogP contribution in [0.25, 0.3) is 0 Å². The topological polar surface area (TPSA) is 0 Å². The molecule has 0 aromatic heterocycles. The Labute approximate surface area is 115 Å². The van der Waals surface area contributed by atoms with Crippen LogP contribution in [0.2, 0.25) is 4.43 Å². The molecule has 0 amide bonds. The summed E-state index contributed by atoms with van der Waals surface area (Å²) in [6, 6.07) is 0. The van der Waals surface area contributed by atoms with E-state index in [1.165, 1.54) is 32.1 Å². The van der Waals surface area contributed by atoms with E-state index >= 15 is 0 Å².